The number of hydrogen-bond acceptors (Lipinski definition) is 3. The average molecular weight is 264 g/mol. The minimum Gasteiger partial charge on any atom is -0.398 e. The maximum atomic E-state index is 12.5. The van der Waals surface area contributed by atoms with E-state index in [1.54, 1.807) is 0 Å². The molecule has 2 atom stereocenters. The van der Waals surface area contributed by atoms with Crippen LogP contribution in [-0.4, -0.2) is 34.4 Å². The number of nitrogens with two attached hydrogens (primary N) is 1. The number of anilines is 1. The largest absolute Gasteiger partial charge is 0.398 e. The molecular formula is C14H20N2OS. The Labute approximate surface area is 113 Å². The molecule has 0 saturated carbocycles. The second-order valence-electron chi connectivity index (χ2n) is 4.91. The van der Waals surface area contributed by atoms with Crippen LogP contribution in [0.25, 0.3) is 0 Å². The molecule has 1 fully saturated rings. The number of hydrogen-bond donors (Lipinski definition) is 1. The summed E-state index contributed by atoms with van der Waals surface area (Å²) in [5.74, 6) is 1.07. The summed E-state index contributed by atoms with van der Waals surface area (Å²) in [6.07, 6.45) is 0. The van der Waals surface area contributed by atoms with E-state index < -0.39 is 0 Å². The van der Waals surface area contributed by atoms with Gasteiger partial charge in [-0.1, -0.05) is 13.0 Å². The zero-order chi connectivity index (χ0) is 13.3. The van der Waals surface area contributed by atoms with Gasteiger partial charge in [-0.05, 0) is 31.5 Å². The molecule has 0 radical (unpaired) electrons. The van der Waals surface area contributed by atoms with Crippen molar-refractivity contribution in [2.45, 2.75) is 32.1 Å². The van der Waals surface area contributed by atoms with E-state index in [0.717, 1.165) is 17.9 Å². The smallest absolute Gasteiger partial charge is 0.256 e. The molecule has 2 N–H and O–H groups in total. The van der Waals surface area contributed by atoms with Gasteiger partial charge >= 0.3 is 0 Å². The van der Waals surface area contributed by atoms with Crippen LogP contribution in [0.4, 0.5) is 5.69 Å². The normalized spacial score (nSPS) is 24.1. The predicted octanol–water partition coefficient (Wildman–Crippen LogP) is 2.54. The van der Waals surface area contributed by atoms with Gasteiger partial charge in [0.15, 0.2) is 0 Å². The average Bonchev–Trinajstić information content (AvgIpc) is 2.32. The van der Waals surface area contributed by atoms with Gasteiger partial charge in [-0.25, -0.2) is 0 Å². The van der Waals surface area contributed by atoms with Crippen molar-refractivity contribution in [3.8, 4) is 0 Å². The Kier molecular flexibility index (Phi) is 3.85. The van der Waals surface area contributed by atoms with Crippen molar-refractivity contribution in [3.63, 3.8) is 0 Å². The molecule has 2 rings (SSSR count). The van der Waals surface area contributed by atoms with Gasteiger partial charge in [0, 0.05) is 29.3 Å². The summed E-state index contributed by atoms with van der Waals surface area (Å²) < 4.78 is 0. The number of aryl methyl sites for hydroxylation is 1. The number of carbonyl (C=O) groups is 1. The quantitative estimate of drug-likeness (QED) is 0.793. The van der Waals surface area contributed by atoms with Crippen molar-refractivity contribution in [1.82, 2.24) is 4.90 Å². The number of benzene rings is 1. The van der Waals surface area contributed by atoms with Crippen LogP contribution in [0.5, 0.6) is 0 Å². The fourth-order valence-corrected chi connectivity index (χ4v) is 3.35. The molecule has 0 bridgehead atoms. The Morgan fingerprint density at radius 3 is 2.83 bits per heavy atom. The van der Waals surface area contributed by atoms with Gasteiger partial charge in [-0.2, -0.15) is 11.8 Å². The molecule has 18 heavy (non-hydrogen) atoms. The van der Waals surface area contributed by atoms with Gasteiger partial charge in [0.2, 0.25) is 0 Å². The van der Waals surface area contributed by atoms with Gasteiger partial charge in [-0.3, -0.25) is 4.79 Å². The summed E-state index contributed by atoms with van der Waals surface area (Å²) in [5.41, 5.74) is 8.25. The zero-order valence-electron chi connectivity index (χ0n) is 11.1. The summed E-state index contributed by atoms with van der Waals surface area (Å²) in [7, 11) is 0. The highest BCUT2D eigenvalue weighted by atomic mass is 32.2. The van der Waals surface area contributed by atoms with Crippen LogP contribution in [0.1, 0.15) is 29.8 Å². The summed E-state index contributed by atoms with van der Waals surface area (Å²) in [5, 5.41) is 0.481. The summed E-state index contributed by atoms with van der Waals surface area (Å²) >= 11 is 1.92. The maximum Gasteiger partial charge on any atom is 0.256 e. The van der Waals surface area contributed by atoms with E-state index >= 15 is 0 Å². The number of amides is 1. The lowest BCUT2D eigenvalue weighted by molar-refractivity contribution is 0.0699. The SMILES string of the molecule is Cc1ccc(C(=O)N2CCSC(C)C2C)c(N)c1. The van der Waals surface area contributed by atoms with Crippen molar-refractivity contribution < 1.29 is 4.79 Å². The Hall–Kier alpha value is -1.16. The van der Waals surface area contributed by atoms with Crippen LogP contribution >= 0.6 is 11.8 Å². The van der Waals surface area contributed by atoms with Crippen molar-refractivity contribution in [3.05, 3.63) is 29.3 Å². The van der Waals surface area contributed by atoms with E-state index in [0.29, 0.717) is 16.5 Å². The highest BCUT2D eigenvalue weighted by Crippen LogP contribution is 2.27. The molecule has 0 aliphatic carbocycles. The molecule has 1 saturated heterocycles. The Bertz CT molecular complexity index is 461. The van der Waals surface area contributed by atoms with Gasteiger partial charge in [0.25, 0.3) is 5.91 Å². The minimum absolute atomic E-state index is 0.0622. The zero-order valence-corrected chi connectivity index (χ0v) is 12.0. The topological polar surface area (TPSA) is 46.3 Å². The predicted molar refractivity (Wildman–Crippen MR) is 78.0 cm³/mol. The third-order valence-corrected chi connectivity index (χ3v) is 4.92. The first kappa shape index (κ1) is 13.3. The van der Waals surface area contributed by atoms with Crippen LogP contribution < -0.4 is 5.73 Å². The van der Waals surface area contributed by atoms with E-state index in [-0.39, 0.29) is 11.9 Å². The first-order valence-corrected chi connectivity index (χ1v) is 7.34. The molecule has 1 heterocycles. The molecule has 2 unspecified atom stereocenters. The molecule has 1 aliphatic heterocycles. The highest BCUT2D eigenvalue weighted by molar-refractivity contribution is 8.00. The van der Waals surface area contributed by atoms with Crippen LogP contribution in [0.15, 0.2) is 18.2 Å². The molecule has 1 aromatic carbocycles. The molecule has 98 valence electrons. The van der Waals surface area contributed by atoms with Crippen molar-refractivity contribution in [2.75, 3.05) is 18.0 Å². The lowest BCUT2D eigenvalue weighted by Gasteiger charge is -2.37. The standard InChI is InChI=1S/C14H20N2OS/c1-9-4-5-12(13(15)8-9)14(17)16-6-7-18-11(3)10(16)2/h4-5,8,10-11H,6-7,15H2,1-3H3. The number of nitrogens with zero attached hydrogens (tertiary/aromatic N) is 1. The van der Waals surface area contributed by atoms with Gasteiger partial charge in [-0.15, -0.1) is 0 Å². The van der Waals surface area contributed by atoms with Gasteiger partial charge < -0.3 is 10.6 Å². The molecule has 1 amide bonds. The third kappa shape index (κ3) is 2.48. The van der Waals surface area contributed by atoms with Crippen molar-refractivity contribution in [2.24, 2.45) is 0 Å². The Morgan fingerprint density at radius 1 is 1.44 bits per heavy atom. The van der Waals surface area contributed by atoms with E-state index in [1.165, 1.54) is 0 Å². The molecule has 3 nitrogen and oxygen atoms in total. The summed E-state index contributed by atoms with van der Waals surface area (Å²) in [6.45, 7) is 7.07. The van der Waals surface area contributed by atoms with E-state index in [2.05, 4.69) is 13.8 Å². The molecular weight excluding hydrogens is 244 g/mol. The van der Waals surface area contributed by atoms with Crippen LogP contribution in [0, 0.1) is 6.92 Å². The third-order valence-electron chi connectivity index (χ3n) is 3.58. The monoisotopic (exact) mass is 264 g/mol. The summed E-state index contributed by atoms with van der Waals surface area (Å²) in [4.78, 5) is 14.5. The van der Waals surface area contributed by atoms with E-state index in [1.807, 2.05) is 41.8 Å². The highest BCUT2D eigenvalue weighted by Gasteiger charge is 2.30. The van der Waals surface area contributed by atoms with Crippen molar-refractivity contribution in [1.29, 1.82) is 0 Å². The Morgan fingerprint density at radius 2 is 2.17 bits per heavy atom. The van der Waals surface area contributed by atoms with Crippen LogP contribution in [0.2, 0.25) is 0 Å². The molecule has 1 aromatic rings. The van der Waals surface area contributed by atoms with E-state index in [9.17, 15) is 4.79 Å². The first-order chi connectivity index (χ1) is 8.50. The van der Waals surface area contributed by atoms with Crippen LogP contribution in [0.3, 0.4) is 0 Å². The number of rotatable bonds is 1. The second-order valence-corrected chi connectivity index (χ2v) is 6.39. The molecule has 0 aromatic heterocycles. The fourth-order valence-electron chi connectivity index (χ4n) is 2.25. The van der Waals surface area contributed by atoms with E-state index in [4.69, 9.17) is 5.73 Å². The number of carbonyl (C=O) groups excluding carboxylic acids is 1. The number of nitrogen functional groups attached to an aromatic ring is 1. The van der Waals surface area contributed by atoms with Crippen molar-refractivity contribution >= 4 is 23.4 Å². The Balaban J connectivity index is 2.25. The second kappa shape index (κ2) is 5.22. The minimum atomic E-state index is 0.0622. The maximum absolute atomic E-state index is 12.5. The molecule has 4 heteroatoms. The lowest BCUT2D eigenvalue weighted by Crippen LogP contribution is -2.48. The summed E-state index contributed by atoms with van der Waals surface area (Å²) in [6, 6.07) is 5.90. The van der Waals surface area contributed by atoms with Gasteiger partial charge in [0.1, 0.15) is 0 Å². The number of thioether (sulfide) groups is 1. The molecule has 0 spiro atoms. The van der Waals surface area contributed by atoms with Crippen LogP contribution in [-0.2, 0) is 0 Å². The van der Waals surface area contributed by atoms with Gasteiger partial charge in [0.05, 0.1) is 5.56 Å². The molecule has 1 aliphatic rings. The first-order valence-electron chi connectivity index (χ1n) is 6.29. The lowest BCUT2D eigenvalue weighted by atomic mass is 10.1. The fraction of sp³-hybridized carbons (Fsp3) is 0.500.